The lowest BCUT2D eigenvalue weighted by molar-refractivity contribution is -0.145. The van der Waals surface area contributed by atoms with Gasteiger partial charge in [0.25, 0.3) is 5.89 Å². The Labute approximate surface area is 162 Å². The zero-order valence-electron chi connectivity index (χ0n) is 14.5. The Morgan fingerprint density at radius 3 is 2.64 bits per heavy atom. The average molecular weight is 408 g/mol. The fourth-order valence-electron chi connectivity index (χ4n) is 2.25. The number of carbonyl (C=O) groups is 1. The highest BCUT2D eigenvalue weighted by atomic mass is 32.2. The zero-order valence-corrected chi connectivity index (χ0v) is 15.3. The van der Waals surface area contributed by atoms with Gasteiger partial charge in [0, 0.05) is 16.2 Å². The maximum absolute atomic E-state index is 12.8. The second-order valence-electron chi connectivity index (χ2n) is 5.66. The molecule has 0 saturated heterocycles. The third kappa shape index (κ3) is 5.59. The molecular formula is C19H15F3N2O3S. The van der Waals surface area contributed by atoms with Gasteiger partial charge in [-0.2, -0.15) is 18.2 Å². The lowest BCUT2D eigenvalue weighted by Crippen LogP contribution is -2.06. The van der Waals surface area contributed by atoms with E-state index in [9.17, 15) is 18.0 Å². The summed E-state index contributed by atoms with van der Waals surface area (Å²) in [5, 5.41) is 3.64. The molecule has 0 aliphatic carbocycles. The quantitative estimate of drug-likeness (QED) is 0.406. The van der Waals surface area contributed by atoms with Crippen LogP contribution in [0.25, 0.3) is 11.4 Å². The third-order valence-corrected chi connectivity index (χ3v) is 4.60. The lowest BCUT2D eigenvalue weighted by Gasteiger charge is -2.06. The highest BCUT2D eigenvalue weighted by Crippen LogP contribution is 2.31. The number of halogens is 3. The van der Waals surface area contributed by atoms with Crippen LogP contribution in [0.2, 0.25) is 0 Å². The molecule has 0 radical (unpaired) electrons. The van der Waals surface area contributed by atoms with Gasteiger partial charge in [-0.25, -0.2) is 0 Å². The third-order valence-electron chi connectivity index (χ3n) is 3.59. The molecule has 0 bridgehead atoms. The van der Waals surface area contributed by atoms with Gasteiger partial charge in [-0.3, -0.25) is 4.79 Å². The van der Waals surface area contributed by atoms with E-state index in [0.29, 0.717) is 5.75 Å². The second-order valence-corrected chi connectivity index (χ2v) is 6.83. The Hall–Kier alpha value is -2.81. The monoisotopic (exact) mass is 408 g/mol. The largest absolute Gasteiger partial charge is 0.456 e. The second kappa shape index (κ2) is 8.92. The Morgan fingerprint density at radius 2 is 1.89 bits per heavy atom. The standard InChI is InChI=1S/C19H15F3N2O3S/c20-19(21,22)14-6-4-5-13(11-14)18-23-16(27-24-18)12-26-17(25)9-10-28-15-7-2-1-3-8-15/h1-8,11H,9-10,12H2. The molecule has 0 aliphatic rings. The molecule has 5 nitrogen and oxygen atoms in total. The van der Waals surface area contributed by atoms with Crippen LogP contribution in [0, 0.1) is 0 Å². The molecule has 146 valence electrons. The van der Waals surface area contributed by atoms with Crippen LogP contribution in [0.1, 0.15) is 17.9 Å². The fraction of sp³-hybridized carbons (Fsp3) is 0.211. The van der Waals surface area contributed by atoms with Crippen LogP contribution < -0.4 is 0 Å². The highest BCUT2D eigenvalue weighted by molar-refractivity contribution is 7.99. The predicted molar refractivity (Wildman–Crippen MR) is 96.3 cm³/mol. The molecule has 2 aromatic carbocycles. The van der Waals surface area contributed by atoms with Crippen molar-refractivity contribution in [3.8, 4) is 11.4 Å². The number of rotatable bonds is 7. The number of carbonyl (C=O) groups excluding carboxylic acids is 1. The molecule has 0 saturated carbocycles. The molecule has 0 fully saturated rings. The molecule has 3 aromatic rings. The molecular weight excluding hydrogens is 393 g/mol. The Bertz CT molecular complexity index is 929. The number of hydrogen-bond donors (Lipinski definition) is 0. The number of hydrogen-bond acceptors (Lipinski definition) is 6. The number of nitrogens with zero attached hydrogens (tertiary/aromatic N) is 2. The molecule has 0 unspecified atom stereocenters. The van der Waals surface area contributed by atoms with Gasteiger partial charge >= 0.3 is 12.1 Å². The summed E-state index contributed by atoms with van der Waals surface area (Å²) in [6.45, 7) is -0.235. The molecule has 0 spiro atoms. The van der Waals surface area contributed by atoms with E-state index in [4.69, 9.17) is 9.26 Å². The SMILES string of the molecule is O=C(CCSc1ccccc1)OCc1nc(-c2cccc(C(F)(F)F)c2)no1. The minimum absolute atomic E-state index is 0.00298. The van der Waals surface area contributed by atoms with Crippen molar-refractivity contribution >= 4 is 17.7 Å². The van der Waals surface area contributed by atoms with E-state index in [1.165, 1.54) is 23.9 Å². The molecule has 3 rings (SSSR count). The summed E-state index contributed by atoms with van der Waals surface area (Å²) < 4.78 is 48.4. The first-order valence-electron chi connectivity index (χ1n) is 8.25. The van der Waals surface area contributed by atoms with E-state index in [1.807, 2.05) is 30.3 Å². The minimum Gasteiger partial charge on any atom is -0.456 e. The summed E-state index contributed by atoms with van der Waals surface area (Å²) in [5.74, 6) is 0.137. The summed E-state index contributed by atoms with van der Waals surface area (Å²) >= 11 is 1.53. The van der Waals surface area contributed by atoms with Crippen molar-refractivity contribution in [2.45, 2.75) is 24.1 Å². The number of benzene rings is 2. The first-order chi connectivity index (χ1) is 13.4. The van der Waals surface area contributed by atoms with Crippen LogP contribution in [0.4, 0.5) is 13.2 Å². The predicted octanol–water partition coefficient (Wildman–Crippen LogP) is 4.98. The topological polar surface area (TPSA) is 65.2 Å². The number of aromatic nitrogens is 2. The van der Waals surface area contributed by atoms with Gasteiger partial charge in [0.05, 0.1) is 12.0 Å². The Kier molecular flexibility index (Phi) is 6.35. The van der Waals surface area contributed by atoms with Crippen LogP contribution in [-0.4, -0.2) is 21.9 Å². The van der Waals surface area contributed by atoms with E-state index in [-0.39, 0.29) is 30.3 Å². The van der Waals surface area contributed by atoms with Crippen LogP contribution >= 0.6 is 11.8 Å². The van der Waals surface area contributed by atoms with E-state index in [1.54, 1.807) is 0 Å². The van der Waals surface area contributed by atoms with Crippen molar-refractivity contribution < 1.29 is 27.2 Å². The van der Waals surface area contributed by atoms with Gasteiger partial charge < -0.3 is 9.26 Å². The molecule has 0 N–H and O–H groups in total. The molecule has 0 atom stereocenters. The van der Waals surface area contributed by atoms with Gasteiger partial charge in [-0.15, -0.1) is 11.8 Å². The summed E-state index contributed by atoms with van der Waals surface area (Å²) in [6.07, 6.45) is -4.26. The van der Waals surface area contributed by atoms with Gasteiger partial charge in [0.1, 0.15) is 0 Å². The van der Waals surface area contributed by atoms with Crippen LogP contribution in [-0.2, 0) is 22.3 Å². The summed E-state index contributed by atoms with van der Waals surface area (Å²) in [6, 6.07) is 14.2. The van der Waals surface area contributed by atoms with Crippen molar-refractivity contribution in [3.63, 3.8) is 0 Å². The molecule has 0 amide bonds. The molecule has 0 aliphatic heterocycles. The number of ether oxygens (including phenoxy) is 1. The number of esters is 1. The normalized spacial score (nSPS) is 11.4. The lowest BCUT2D eigenvalue weighted by atomic mass is 10.1. The maximum Gasteiger partial charge on any atom is 0.416 e. The maximum atomic E-state index is 12.8. The molecule has 1 heterocycles. The van der Waals surface area contributed by atoms with Crippen LogP contribution in [0.5, 0.6) is 0 Å². The van der Waals surface area contributed by atoms with Crippen LogP contribution in [0.15, 0.2) is 64.0 Å². The molecule has 9 heteroatoms. The van der Waals surface area contributed by atoms with Gasteiger partial charge in [0.2, 0.25) is 5.82 Å². The highest BCUT2D eigenvalue weighted by Gasteiger charge is 2.30. The zero-order chi connectivity index (χ0) is 20.0. The van der Waals surface area contributed by atoms with Gasteiger partial charge in [-0.1, -0.05) is 35.5 Å². The Morgan fingerprint density at radius 1 is 1.11 bits per heavy atom. The first-order valence-corrected chi connectivity index (χ1v) is 9.24. The minimum atomic E-state index is -4.46. The smallest absolute Gasteiger partial charge is 0.416 e. The number of alkyl halides is 3. The van der Waals surface area contributed by atoms with Crippen molar-refractivity contribution in [2.75, 3.05) is 5.75 Å². The van der Waals surface area contributed by atoms with Crippen molar-refractivity contribution in [2.24, 2.45) is 0 Å². The molecule has 28 heavy (non-hydrogen) atoms. The van der Waals surface area contributed by atoms with Crippen molar-refractivity contribution in [1.29, 1.82) is 0 Å². The van der Waals surface area contributed by atoms with E-state index in [0.717, 1.165) is 17.0 Å². The Balaban J connectivity index is 1.50. The van der Waals surface area contributed by atoms with E-state index >= 15 is 0 Å². The van der Waals surface area contributed by atoms with Gasteiger partial charge in [0.15, 0.2) is 6.61 Å². The molecule has 1 aromatic heterocycles. The van der Waals surface area contributed by atoms with E-state index < -0.39 is 17.7 Å². The van der Waals surface area contributed by atoms with Gasteiger partial charge in [-0.05, 0) is 24.3 Å². The summed E-state index contributed by atoms with van der Waals surface area (Å²) in [7, 11) is 0. The first kappa shape index (κ1) is 19.9. The fourth-order valence-corrected chi connectivity index (χ4v) is 3.10. The summed E-state index contributed by atoms with van der Waals surface area (Å²) in [4.78, 5) is 16.8. The number of thioether (sulfide) groups is 1. The summed E-state index contributed by atoms with van der Waals surface area (Å²) in [5.41, 5.74) is -0.644. The van der Waals surface area contributed by atoms with E-state index in [2.05, 4.69) is 10.1 Å². The van der Waals surface area contributed by atoms with Crippen molar-refractivity contribution in [3.05, 3.63) is 66.1 Å². The van der Waals surface area contributed by atoms with Crippen LogP contribution in [0.3, 0.4) is 0 Å². The average Bonchev–Trinajstić information content (AvgIpc) is 3.16. The van der Waals surface area contributed by atoms with Crippen molar-refractivity contribution in [1.82, 2.24) is 10.1 Å².